The molecule has 0 aliphatic rings. The lowest BCUT2D eigenvalue weighted by Gasteiger charge is -2.09. The lowest BCUT2D eigenvalue weighted by atomic mass is 10.2. The molecule has 0 aliphatic heterocycles. The number of halogens is 2. The maximum Gasteiger partial charge on any atom is 0.275 e. The van der Waals surface area contributed by atoms with Crippen LogP contribution >= 0.6 is 23.2 Å². The highest BCUT2D eigenvalue weighted by atomic mass is 35.5. The molecule has 3 aromatic rings. The molecule has 0 spiro atoms. The van der Waals surface area contributed by atoms with Crippen LogP contribution in [0.3, 0.4) is 0 Å². The van der Waals surface area contributed by atoms with Gasteiger partial charge in [-0.15, -0.1) is 0 Å². The average Bonchev–Trinajstić information content (AvgIpc) is 2.60. The van der Waals surface area contributed by atoms with Crippen LogP contribution < -0.4 is 10.6 Å². The lowest BCUT2D eigenvalue weighted by molar-refractivity contribution is 0.102. The van der Waals surface area contributed by atoms with Gasteiger partial charge in [-0.3, -0.25) is 4.79 Å². The van der Waals surface area contributed by atoms with E-state index in [1.165, 1.54) is 12.4 Å². The summed E-state index contributed by atoms with van der Waals surface area (Å²) < 4.78 is 0. The van der Waals surface area contributed by atoms with E-state index in [0.29, 0.717) is 21.6 Å². The molecule has 0 fully saturated rings. The predicted molar refractivity (Wildman–Crippen MR) is 101 cm³/mol. The highest BCUT2D eigenvalue weighted by Gasteiger charge is 2.09. The van der Waals surface area contributed by atoms with Gasteiger partial charge in [0.15, 0.2) is 0 Å². The van der Waals surface area contributed by atoms with E-state index in [0.717, 1.165) is 11.3 Å². The van der Waals surface area contributed by atoms with Crippen molar-refractivity contribution in [2.75, 3.05) is 10.6 Å². The Hall–Kier alpha value is -2.63. The summed E-state index contributed by atoms with van der Waals surface area (Å²) in [6, 6.07) is 12.3. The Morgan fingerprint density at radius 3 is 2.32 bits per heavy atom. The lowest BCUT2D eigenvalue weighted by Crippen LogP contribution is -2.14. The number of rotatable bonds is 4. The van der Waals surface area contributed by atoms with Crippen molar-refractivity contribution in [1.82, 2.24) is 9.97 Å². The number of amides is 1. The molecule has 7 heteroatoms. The summed E-state index contributed by atoms with van der Waals surface area (Å²) in [5.74, 6) is 0.192. The van der Waals surface area contributed by atoms with Crippen molar-refractivity contribution < 1.29 is 4.79 Å². The van der Waals surface area contributed by atoms with Crippen molar-refractivity contribution >= 4 is 46.3 Å². The summed E-state index contributed by atoms with van der Waals surface area (Å²) in [6.45, 7) is 1.94. The van der Waals surface area contributed by atoms with E-state index in [1.54, 1.807) is 30.3 Å². The highest BCUT2D eigenvalue weighted by Crippen LogP contribution is 2.22. The van der Waals surface area contributed by atoms with Gasteiger partial charge < -0.3 is 10.6 Å². The largest absolute Gasteiger partial charge is 0.339 e. The minimum atomic E-state index is -0.343. The first-order valence-corrected chi connectivity index (χ1v) is 8.19. The first kappa shape index (κ1) is 17.2. The second-order valence-corrected chi connectivity index (χ2v) is 6.21. The van der Waals surface area contributed by atoms with Crippen LogP contribution in [0.15, 0.2) is 54.9 Å². The van der Waals surface area contributed by atoms with Crippen molar-refractivity contribution in [2.45, 2.75) is 6.92 Å². The third kappa shape index (κ3) is 4.47. The topological polar surface area (TPSA) is 66.9 Å². The zero-order valence-electron chi connectivity index (χ0n) is 13.3. The molecule has 1 amide bonds. The van der Waals surface area contributed by atoms with E-state index < -0.39 is 0 Å². The van der Waals surface area contributed by atoms with Crippen LogP contribution in [0.5, 0.6) is 0 Å². The van der Waals surface area contributed by atoms with Gasteiger partial charge in [-0.25, -0.2) is 9.97 Å². The number of anilines is 3. The van der Waals surface area contributed by atoms with Crippen molar-refractivity contribution in [3.8, 4) is 0 Å². The predicted octanol–water partition coefficient (Wildman–Crippen LogP) is 5.09. The smallest absolute Gasteiger partial charge is 0.275 e. The molecule has 0 bridgehead atoms. The molecule has 2 aromatic carbocycles. The van der Waals surface area contributed by atoms with E-state index in [2.05, 4.69) is 20.6 Å². The Kier molecular flexibility index (Phi) is 5.16. The number of hydrogen-bond donors (Lipinski definition) is 2. The van der Waals surface area contributed by atoms with Crippen LogP contribution in [0.2, 0.25) is 10.0 Å². The number of carbonyl (C=O) groups excluding carboxylic acids is 1. The molecule has 1 aromatic heterocycles. The maximum absolute atomic E-state index is 12.2. The summed E-state index contributed by atoms with van der Waals surface area (Å²) in [5, 5.41) is 7.15. The van der Waals surface area contributed by atoms with Gasteiger partial charge in [0.05, 0.1) is 12.4 Å². The minimum absolute atomic E-state index is 0.216. The van der Waals surface area contributed by atoms with Crippen LogP contribution in [0, 0.1) is 6.92 Å². The standard InChI is InChI=1S/C18H14Cl2N4O/c1-11-8-13(20)4-7-15(11)24-17-10-21-16(9-22-17)18(25)23-14-5-2-12(19)3-6-14/h2-10H,1H3,(H,22,24)(H,23,25). The second-order valence-electron chi connectivity index (χ2n) is 5.33. The number of hydrogen-bond acceptors (Lipinski definition) is 4. The van der Waals surface area contributed by atoms with Gasteiger partial charge in [-0.1, -0.05) is 23.2 Å². The van der Waals surface area contributed by atoms with Crippen LogP contribution in [0.25, 0.3) is 0 Å². The van der Waals surface area contributed by atoms with Crippen LogP contribution in [0.4, 0.5) is 17.2 Å². The van der Waals surface area contributed by atoms with E-state index in [9.17, 15) is 4.79 Å². The Balaban J connectivity index is 1.69. The van der Waals surface area contributed by atoms with Crippen molar-refractivity contribution in [3.63, 3.8) is 0 Å². The third-order valence-electron chi connectivity index (χ3n) is 3.44. The number of nitrogens with one attached hydrogen (secondary N) is 2. The van der Waals surface area contributed by atoms with Gasteiger partial charge in [-0.05, 0) is 55.0 Å². The Morgan fingerprint density at radius 2 is 1.68 bits per heavy atom. The zero-order chi connectivity index (χ0) is 17.8. The van der Waals surface area contributed by atoms with Crippen molar-refractivity contribution in [1.29, 1.82) is 0 Å². The van der Waals surface area contributed by atoms with Crippen molar-refractivity contribution in [2.24, 2.45) is 0 Å². The van der Waals surface area contributed by atoms with Gasteiger partial charge in [-0.2, -0.15) is 0 Å². The highest BCUT2D eigenvalue weighted by molar-refractivity contribution is 6.31. The third-order valence-corrected chi connectivity index (χ3v) is 3.92. The summed E-state index contributed by atoms with van der Waals surface area (Å²) in [5.41, 5.74) is 2.71. The van der Waals surface area contributed by atoms with Gasteiger partial charge in [0.1, 0.15) is 11.5 Å². The quantitative estimate of drug-likeness (QED) is 0.669. The number of carbonyl (C=O) groups is 1. The summed E-state index contributed by atoms with van der Waals surface area (Å²) in [4.78, 5) is 20.6. The van der Waals surface area contributed by atoms with Gasteiger partial charge in [0.2, 0.25) is 0 Å². The Morgan fingerprint density at radius 1 is 0.960 bits per heavy atom. The van der Waals surface area contributed by atoms with Crippen LogP contribution in [0.1, 0.15) is 16.1 Å². The maximum atomic E-state index is 12.2. The molecule has 126 valence electrons. The number of nitrogens with zero attached hydrogens (tertiary/aromatic N) is 2. The molecular weight excluding hydrogens is 359 g/mol. The fraction of sp³-hybridized carbons (Fsp3) is 0.0556. The van der Waals surface area contributed by atoms with Gasteiger partial charge in [0.25, 0.3) is 5.91 Å². The zero-order valence-corrected chi connectivity index (χ0v) is 14.8. The number of aryl methyl sites for hydroxylation is 1. The minimum Gasteiger partial charge on any atom is -0.339 e. The van der Waals surface area contributed by atoms with Gasteiger partial charge in [0, 0.05) is 21.4 Å². The normalized spacial score (nSPS) is 10.4. The molecular formula is C18H14Cl2N4O. The molecule has 0 unspecified atom stereocenters. The second kappa shape index (κ2) is 7.51. The molecule has 0 saturated heterocycles. The first-order valence-electron chi connectivity index (χ1n) is 7.43. The molecule has 0 aliphatic carbocycles. The number of benzene rings is 2. The van der Waals surface area contributed by atoms with E-state index >= 15 is 0 Å². The Bertz CT molecular complexity index is 896. The molecule has 2 N–H and O–H groups in total. The summed E-state index contributed by atoms with van der Waals surface area (Å²) in [7, 11) is 0. The van der Waals surface area contributed by atoms with E-state index in [-0.39, 0.29) is 11.6 Å². The molecule has 0 atom stereocenters. The van der Waals surface area contributed by atoms with E-state index in [1.807, 2.05) is 19.1 Å². The average molecular weight is 373 g/mol. The monoisotopic (exact) mass is 372 g/mol. The molecule has 5 nitrogen and oxygen atoms in total. The molecule has 0 radical (unpaired) electrons. The Labute approximate surface area is 155 Å². The molecule has 1 heterocycles. The molecule has 0 saturated carbocycles. The molecule has 25 heavy (non-hydrogen) atoms. The van der Waals surface area contributed by atoms with Crippen LogP contribution in [-0.4, -0.2) is 15.9 Å². The summed E-state index contributed by atoms with van der Waals surface area (Å²) >= 11 is 11.8. The number of aromatic nitrogens is 2. The molecule has 3 rings (SSSR count). The van der Waals surface area contributed by atoms with E-state index in [4.69, 9.17) is 23.2 Å². The first-order chi connectivity index (χ1) is 12.0. The fourth-order valence-electron chi connectivity index (χ4n) is 2.14. The van der Waals surface area contributed by atoms with Gasteiger partial charge >= 0.3 is 0 Å². The summed E-state index contributed by atoms with van der Waals surface area (Å²) in [6.07, 6.45) is 2.92. The van der Waals surface area contributed by atoms with Crippen LogP contribution in [-0.2, 0) is 0 Å². The SMILES string of the molecule is Cc1cc(Cl)ccc1Nc1cnc(C(=O)Nc2ccc(Cl)cc2)cn1. The fourth-order valence-corrected chi connectivity index (χ4v) is 2.50. The van der Waals surface area contributed by atoms with Crippen molar-refractivity contribution in [3.05, 3.63) is 76.2 Å².